The maximum absolute atomic E-state index is 13.0. The van der Waals surface area contributed by atoms with Gasteiger partial charge in [-0.3, -0.25) is 4.79 Å². The average Bonchev–Trinajstić information content (AvgIpc) is 2.68. The highest BCUT2D eigenvalue weighted by Gasteiger charge is 2.16. The van der Waals surface area contributed by atoms with Crippen molar-refractivity contribution in [1.82, 2.24) is 4.90 Å². The van der Waals surface area contributed by atoms with Crippen LogP contribution < -0.4 is 0 Å². The fourth-order valence-electron chi connectivity index (χ4n) is 2.73. The van der Waals surface area contributed by atoms with E-state index in [1.165, 1.54) is 0 Å². The third-order valence-corrected chi connectivity index (χ3v) is 4.38. The number of rotatable bonds is 6. The van der Waals surface area contributed by atoms with Crippen LogP contribution >= 0.6 is 11.6 Å². The second kappa shape index (κ2) is 8.50. The lowest BCUT2D eigenvalue weighted by Crippen LogP contribution is -2.30. The lowest BCUT2D eigenvalue weighted by molar-refractivity contribution is 0.0730. The van der Waals surface area contributed by atoms with Crippen LogP contribution in [0.25, 0.3) is 0 Å². The third kappa shape index (κ3) is 4.71. The maximum atomic E-state index is 13.0. The molecule has 0 aliphatic heterocycles. The van der Waals surface area contributed by atoms with Crippen LogP contribution in [0.15, 0.2) is 84.9 Å². The van der Waals surface area contributed by atoms with Gasteiger partial charge >= 0.3 is 0 Å². The summed E-state index contributed by atoms with van der Waals surface area (Å²) in [6.45, 7) is 1.15. The number of alkyl halides is 1. The standard InChI is InChI=1S/C22H20ClNO/c23-15-18-11-13-21(14-12-18)22(25)24(16-19-7-3-1-4-8-19)17-20-9-5-2-6-10-20/h1-14H,15-17H2. The Morgan fingerprint density at radius 3 is 1.60 bits per heavy atom. The number of hydrogen-bond acceptors (Lipinski definition) is 1. The van der Waals surface area contributed by atoms with Crippen LogP contribution in [0, 0.1) is 0 Å². The van der Waals surface area contributed by atoms with Gasteiger partial charge < -0.3 is 4.90 Å². The minimum atomic E-state index is 0.0221. The summed E-state index contributed by atoms with van der Waals surface area (Å²) in [4.78, 5) is 14.9. The molecule has 0 radical (unpaired) electrons. The summed E-state index contributed by atoms with van der Waals surface area (Å²) in [7, 11) is 0. The number of nitrogens with zero attached hydrogens (tertiary/aromatic N) is 1. The van der Waals surface area contributed by atoms with E-state index < -0.39 is 0 Å². The van der Waals surface area contributed by atoms with Crippen molar-refractivity contribution in [2.45, 2.75) is 19.0 Å². The Balaban J connectivity index is 1.84. The summed E-state index contributed by atoms with van der Waals surface area (Å²) < 4.78 is 0. The Hall–Kier alpha value is -2.58. The highest BCUT2D eigenvalue weighted by molar-refractivity contribution is 6.17. The number of benzene rings is 3. The monoisotopic (exact) mass is 349 g/mol. The van der Waals surface area contributed by atoms with Crippen molar-refractivity contribution < 1.29 is 4.79 Å². The quantitative estimate of drug-likeness (QED) is 0.555. The maximum Gasteiger partial charge on any atom is 0.254 e. The van der Waals surface area contributed by atoms with Crippen LogP contribution in [-0.2, 0) is 19.0 Å². The van der Waals surface area contributed by atoms with Gasteiger partial charge in [-0.1, -0.05) is 72.8 Å². The molecular weight excluding hydrogens is 330 g/mol. The summed E-state index contributed by atoms with van der Waals surface area (Å²) >= 11 is 5.84. The lowest BCUT2D eigenvalue weighted by Gasteiger charge is -2.23. The molecule has 0 saturated heterocycles. The van der Waals surface area contributed by atoms with Gasteiger partial charge in [0, 0.05) is 24.5 Å². The van der Waals surface area contributed by atoms with E-state index in [0.29, 0.717) is 24.5 Å². The molecule has 0 fully saturated rings. The number of halogens is 1. The molecule has 0 heterocycles. The van der Waals surface area contributed by atoms with E-state index in [9.17, 15) is 4.79 Å². The van der Waals surface area contributed by atoms with Gasteiger partial charge in [0.25, 0.3) is 5.91 Å². The number of carbonyl (C=O) groups excluding carboxylic acids is 1. The molecule has 0 atom stereocenters. The average molecular weight is 350 g/mol. The fourth-order valence-corrected chi connectivity index (χ4v) is 2.90. The van der Waals surface area contributed by atoms with Crippen molar-refractivity contribution in [3.63, 3.8) is 0 Å². The first-order valence-electron chi connectivity index (χ1n) is 8.28. The normalized spacial score (nSPS) is 10.4. The van der Waals surface area contributed by atoms with E-state index in [0.717, 1.165) is 16.7 Å². The van der Waals surface area contributed by atoms with Crippen molar-refractivity contribution in [3.05, 3.63) is 107 Å². The molecule has 0 aromatic heterocycles. The molecule has 0 aliphatic carbocycles. The third-order valence-electron chi connectivity index (χ3n) is 4.07. The summed E-state index contributed by atoms with van der Waals surface area (Å²) in [5.74, 6) is 0.473. The highest BCUT2D eigenvalue weighted by Crippen LogP contribution is 2.15. The Bertz CT molecular complexity index is 759. The molecule has 0 spiro atoms. The molecule has 2 nitrogen and oxygen atoms in total. The van der Waals surface area contributed by atoms with Crippen LogP contribution in [0.2, 0.25) is 0 Å². The summed E-state index contributed by atoms with van der Waals surface area (Å²) in [6, 6.07) is 27.6. The first kappa shape index (κ1) is 17.2. The van der Waals surface area contributed by atoms with Crippen LogP contribution in [-0.4, -0.2) is 10.8 Å². The largest absolute Gasteiger partial charge is 0.330 e. The zero-order valence-electron chi connectivity index (χ0n) is 13.9. The summed E-state index contributed by atoms with van der Waals surface area (Å²) in [5, 5.41) is 0. The predicted molar refractivity (Wildman–Crippen MR) is 102 cm³/mol. The molecular formula is C22H20ClNO. The van der Waals surface area contributed by atoms with Crippen molar-refractivity contribution >= 4 is 17.5 Å². The zero-order chi connectivity index (χ0) is 17.5. The molecule has 1 amide bonds. The molecule has 0 N–H and O–H groups in total. The van der Waals surface area contributed by atoms with Crippen molar-refractivity contribution in [3.8, 4) is 0 Å². The van der Waals surface area contributed by atoms with E-state index in [2.05, 4.69) is 0 Å². The second-order valence-corrected chi connectivity index (χ2v) is 6.23. The molecule has 126 valence electrons. The minimum Gasteiger partial charge on any atom is -0.330 e. The van der Waals surface area contributed by atoms with E-state index in [-0.39, 0.29) is 5.91 Å². The second-order valence-electron chi connectivity index (χ2n) is 5.96. The molecule has 0 bridgehead atoms. The van der Waals surface area contributed by atoms with Crippen LogP contribution in [0.4, 0.5) is 0 Å². The first-order valence-corrected chi connectivity index (χ1v) is 8.82. The molecule has 3 aromatic rings. The smallest absolute Gasteiger partial charge is 0.254 e. The first-order chi connectivity index (χ1) is 12.3. The van der Waals surface area contributed by atoms with Gasteiger partial charge in [0.15, 0.2) is 0 Å². The summed E-state index contributed by atoms with van der Waals surface area (Å²) in [5.41, 5.74) is 3.92. The van der Waals surface area contributed by atoms with Gasteiger partial charge in [-0.15, -0.1) is 11.6 Å². The Labute approximate surface area is 153 Å². The number of amides is 1. The van der Waals surface area contributed by atoms with Gasteiger partial charge in [0.1, 0.15) is 0 Å². The highest BCUT2D eigenvalue weighted by atomic mass is 35.5. The number of carbonyl (C=O) groups is 1. The van der Waals surface area contributed by atoms with Crippen molar-refractivity contribution in [2.75, 3.05) is 0 Å². The van der Waals surface area contributed by atoms with Gasteiger partial charge in [-0.05, 0) is 28.8 Å². The van der Waals surface area contributed by atoms with Crippen LogP contribution in [0.1, 0.15) is 27.0 Å². The van der Waals surface area contributed by atoms with Crippen LogP contribution in [0.5, 0.6) is 0 Å². The van der Waals surface area contributed by atoms with E-state index in [4.69, 9.17) is 11.6 Å². The topological polar surface area (TPSA) is 20.3 Å². The Morgan fingerprint density at radius 2 is 1.16 bits per heavy atom. The molecule has 3 heteroatoms. The zero-order valence-corrected chi connectivity index (χ0v) is 14.7. The molecule has 0 saturated carbocycles. The molecule has 0 aliphatic rings. The van der Waals surface area contributed by atoms with Crippen molar-refractivity contribution in [1.29, 1.82) is 0 Å². The molecule has 0 unspecified atom stereocenters. The van der Waals surface area contributed by atoms with Gasteiger partial charge in [0.2, 0.25) is 0 Å². The molecule has 25 heavy (non-hydrogen) atoms. The molecule has 3 rings (SSSR count). The van der Waals surface area contributed by atoms with E-state index in [1.807, 2.05) is 89.8 Å². The van der Waals surface area contributed by atoms with Gasteiger partial charge in [-0.2, -0.15) is 0 Å². The minimum absolute atomic E-state index is 0.0221. The van der Waals surface area contributed by atoms with Crippen molar-refractivity contribution in [2.24, 2.45) is 0 Å². The van der Waals surface area contributed by atoms with E-state index in [1.54, 1.807) is 0 Å². The van der Waals surface area contributed by atoms with Crippen LogP contribution in [0.3, 0.4) is 0 Å². The lowest BCUT2D eigenvalue weighted by atomic mass is 10.1. The van der Waals surface area contributed by atoms with E-state index >= 15 is 0 Å². The number of hydrogen-bond donors (Lipinski definition) is 0. The fraction of sp³-hybridized carbons (Fsp3) is 0.136. The van der Waals surface area contributed by atoms with Gasteiger partial charge in [-0.25, -0.2) is 0 Å². The Morgan fingerprint density at radius 1 is 0.680 bits per heavy atom. The Kier molecular flexibility index (Phi) is 5.86. The summed E-state index contributed by atoms with van der Waals surface area (Å²) in [6.07, 6.45) is 0. The van der Waals surface area contributed by atoms with Gasteiger partial charge in [0.05, 0.1) is 0 Å². The SMILES string of the molecule is O=C(c1ccc(CCl)cc1)N(Cc1ccccc1)Cc1ccccc1. The predicted octanol–water partition coefficient (Wildman–Crippen LogP) is 5.27. The molecule has 3 aromatic carbocycles.